The van der Waals surface area contributed by atoms with Crippen LogP contribution in [-0.2, 0) is 24.1 Å². The summed E-state index contributed by atoms with van der Waals surface area (Å²) in [5, 5.41) is 2.97. The van der Waals surface area contributed by atoms with Gasteiger partial charge in [0.25, 0.3) is 0 Å². The summed E-state index contributed by atoms with van der Waals surface area (Å²) in [5.41, 5.74) is 4.75. The van der Waals surface area contributed by atoms with Gasteiger partial charge in [-0.3, -0.25) is 4.79 Å². The number of aryl methyl sites for hydroxylation is 2. The number of hydrogen-bond donors (Lipinski definition) is 1. The van der Waals surface area contributed by atoms with Crippen molar-refractivity contribution in [3.63, 3.8) is 0 Å². The van der Waals surface area contributed by atoms with Crippen LogP contribution >= 0.6 is 0 Å². The minimum Gasteiger partial charge on any atom is -0.357 e. The fraction of sp³-hybridized carbons (Fsp3) is 0.429. The van der Waals surface area contributed by atoms with Gasteiger partial charge in [-0.2, -0.15) is 0 Å². The van der Waals surface area contributed by atoms with E-state index in [0.717, 1.165) is 36.6 Å². The molecule has 4 heteroatoms. The molecule has 1 saturated heterocycles. The van der Waals surface area contributed by atoms with Crippen LogP contribution in [0.1, 0.15) is 42.4 Å². The Labute approximate surface area is 149 Å². The molecule has 1 amide bonds. The lowest BCUT2D eigenvalue weighted by molar-refractivity contribution is -0.115. The van der Waals surface area contributed by atoms with Gasteiger partial charge in [-0.25, -0.2) is 4.98 Å². The smallest absolute Gasteiger partial charge is 0.228 e. The van der Waals surface area contributed by atoms with E-state index >= 15 is 0 Å². The predicted molar refractivity (Wildman–Crippen MR) is 101 cm³/mol. The minimum atomic E-state index is 0.0199. The van der Waals surface area contributed by atoms with Gasteiger partial charge in [0.2, 0.25) is 5.91 Å². The molecule has 130 valence electrons. The summed E-state index contributed by atoms with van der Waals surface area (Å²) in [6, 6.07) is 10.5. The fourth-order valence-electron chi connectivity index (χ4n) is 3.88. The van der Waals surface area contributed by atoms with Gasteiger partial charge in [0.05, 0.1) is 18.3 Å². The number of carbonyl (C=O) groups excluding carboxylic acids is 1. The highest BCUT2D eigenvalue weighted by atomic mass is 16.1. The number of benzene rings is 1. The number of hydrogen-bond acceptors (Lipinski definition) is 3. The lowest BCUT2D eigenvalue weighted by Gasteiger charge is -2.17. The normalized spacial score (nSPS) is 16.6. The largest absolute Gasteiger partial charge is 0.357 e. The average Bonchev–Trinajstić information content (AvgIpc) is 3.17. The molecule has 2 aliphatic rings. The number of aromatic nitrogens is 1. The zero-order valence-corrected chi connectivity index (χ0v) is 14.6. The molecule has 1 aromatic heterocycles. The molecule has 0 saturated carbocycles. The number of anilines is 2. The van der Waals surface area contributed by atoms with E-state index in [4.69, 9.17) is 0 Å². The zero-order chi connectivity index (χ0) is 17.1. The Morgan fingerprint density at radius 3 is 2.56 bits per heavy atom. The summed E-state index contributed by atoms with van der Waals surface area (Å²) < 4.78 is 0. The number of amides is 1. The Hall–Kier alpha value is -2.36. The van der Waals surface area contributed by atoms with Crippen LogP contribution in [0.15, 0.2) is 36.5 Å². The number of nitrogens with zero attached hydrogens (tertiary/aromatic N) is 2. The van der Waals surface area contributed by atoms with Gasteiger partial charge in [0.15, 0.2) is 0 Å². The molecule has 1 aliphatic carbocycles. The Bertz CT molecular complexity index is 748. The maximum atomic E-state index is 12.3. The molecule has 0 atom stereocenters. The van der Waals surface area contributed by atoms with E-state index in [1.165, 1.54) is 43.2 Å². The second-order valence-corrected chi connectivity index (χ2v) is 7.13. The standard InChI is InChI=1S/C21H25N3O/c25-21(14-16-7-8-17-5-1-2-6-18(17)13-16)23-19-9-10-20(22-15-19)24-11-3-4-12-24/h7-10,13,15H,1-6,11-12,14H2,(H,23,25). The van der Waals surface area contributed by atoms with Gasteiger partial charge in [-0.15, -0.1) is 0 Å². The summed E-state index contributed by atoms with van der Waals surface area (Å²) in [6.45, 7) is 2.16. The third-order valence-electron chi connectivity index (χ3n) is 5.24. The Morgan fingerprint density at radius 2 is 1.80 bits per heavy atom. The second-order valence-electron chi connectivity index (χ2n) is 7.13. The van der Waals surface area contributed by atoms with Gasteiger partial charge in [0.1, 0.15) is 5.82 Å². The first-order chi connectivity index (χ1) is 12.3. The monoisotopic (exact) mass is 335 g/mol. The minimum absolute atomic E-state index is 0.0199. The van der Waals surface area contributed by atoms with Crippen LogP contribution in [-0.4, -0.2) is 24.0 Å². The first kappa shape index (κ1) is 16.1. The van der Waals surface area contributed by atoms with Crippen molar-refractivity contribution in [3.8, 4) is 0 Å². The van der Waals surface area contributed by atoms with E-state index in [0.29, 0.717) is 6.42 Å². The Kier molecular flexibility index (Phi) is 4.68. The van der Waals surface area contributed by atoms with Crippen LogP contribution in [0.5, 0.6) is 0 Å². The number of carbonyl (C=O) groups is 1. The van der Waals surface area contributed by atoms with E-state index in [9.17, 15) is 4.79 Å². The first-order valence-corrected chi connectivity index (χ1v) is 9.39. The van der Waals surface area contributed by atoms with E-state index in [2.05, 4.69) is 33.4 Å². The SMILES string of the molecule is O=C(Cc1ccc2c(c1)CCCC2)Nc1ccc(N2CCCC2)nc1. The molecule has 0 spiro atoms. The quantitative estimate of drug-likeness (QED) is 0.926. The van der Waals surface area contributed by atoms with Crippen LogP contribution in [0, 0.1) is 0 Å². The third kappa shape index (κ3) is 3.84. The van der Waals surface area contributed by atoms with E-state index in [1.807, 2.05) is 12.1 Å². The van der Waals surface area contributed by atoms with Crippen LogP contribution in [0.2, 0.25) is 0 Å². The molecule has 4 nitrogen and oxygen atoms in total. The molecule has 25 heavy (non-hydrogen) atoms. The highest BCUT2D eigenvalue weighted by Crippen LogP contribution is 2.23. The summed E-state index contributed by atoms with van der Waals surface area (Å²) in [7, 11) is 0. The number of pyridine rings is 1. The highest BCUT2D eigenvalue weighted by molar-refractivity contribution is 5.92. The van der Waals surface area contributed by atoms with Crippen molar-refractivity contribution in [1.29, 1.82) is 0 Å². The maximum Gasteiger partial charge on any atom is 0.228 e. The number of rotatable bonds is 4. The zero-order valence-electron chi connectivity index (χ0n) is 14.6. The number of nitrogens with one attached hydrogen (secondary N) is 1. The van der Waals surface area contributed by atoms with Crippen LogP contribution in [0.4, 0.5) is 11.5 Å². The maximum absolute atomic E-state index is 12.3. The van der Waals surface area contributed by atoms with E-state index in [-0.39, 0.29) is 5.91 Å². The van der Waals surface area contributed by atoms with Gasteiger partial charge >= 0.3 is 0 Å². The first-order valence-electron chi connectivity index (χ1n) is 9.39. The third-order valence-corrected chi connectivity index (χ3v) is 5.24. The molecule has 1 fully saturated rings. The van der Waals surface area contributed by atoms with Crippen molar-refractivity contribution >= 4 is 17.4 Å². The molecule has 1 aliphatic heterocycles. The van der Waals surface area contributed by atoms with Crippen molar-refractivity contribution in [1.82, 2.24) is 4.98 Å². The molecular weight excluding hydrogens is 310 g/mol. The number of fused-ring (bicyclic) bond motifs is 1. The van der Waals surface area contributed by atoms with Crippen molar-refractivity contribution in [2.24, 2.45) is 0 Å². The molecule has 1 N–H and O–H groups in total. The summed E-state index contributed by atoms with van der Waals surface area (Å²) in [4.78, 5) is 19.1. The Balaban J connectivity index is 1.37. The van der Waals surface area contributed by atoms with Crippen molar-refractivity contribution in [2.45, 2.75) is 44.9 Å². The highest BCUT2D eigenvalue weighted by Gasteiger charge is 2.14. The molecule has 1 aromatic carbocycles. The van der Waals surface area contributed by atoms with Crippen molar-refractivity contribution in [2.75, 3.05) is 23.3 Å². The van der Waals surface area contributed by atoms with E-state index < -0.39 is 0 Å². The van der Waals surface area contributed by atoms with Gasteiger partial charge in [-0.05, 0) is 67.3 Å². The molecule has 4 rings (SSSR count). The topological polar surface area (TPSA) is 45.2 Å². The van der Waals surface area contributed by atoms with Crippen LogP contribution in [0.3, 0.4) is 0 Å². The van der Waals surface area contributed by atoms with Crippen LogP contribution < -0.4 is 10.2 Å². The Morgan fingerprint density at radius 1 is 1.00 bits per heavy atom. The van der Waals surface area contributed by atoms with Crippen molar-refractivity contribution < 1.29 is 4.79 Å². The van der Waals surface area contributed by atoms with Gasteiger partial charge < -0.3 is 10.2 Å². The molecule has 0 unspecified atom stereocenters. The van der Waals surface area contributed by atoms with Gasteiger partial charge in [-0.1, -0.05) is 18.2 Å². The van der Waals surface area contributed by atoms with E-state index in [1.54, 1.807) is 6.20 Å². The summed E-state index contributed by atoms with van der Waals surface area (Å²) in [5.74, 6) is 1.02. The van der Waals surface area contributed by atoms with Crippen LogP contribution in [0.25, 0.3) is 0 Å². The molecule has 0 bridgehead atoms. The molecule has 2 aromatic rings. The second kappa shape index (κ2) is 7.26. The lowest BCUT2D eigenvalue weighted by atomic mass is 9.90. The van der Waals surface area contributed by atoms with Gasteiger partial charge in [0, 0.05) is 13.1 Å². The average molecular weight is 335 g/mol. The molecule has 0 radical (unpaired) electrons. The molecular formula is C21H25N3O. The predicted octanol–water partition coefficient (Wildman–Crippen LogP) is 3.74. The summed E-state index contributed by atoms with van der Waals surface area (Å²) in [6.07, 6.45) is 9.52. The fourth-order valence-corrected chi connectivity index (χ4v) is 3.88. The van der Waals surface area contributed by atoms with Crippen molar-refractivity contribution in [3.05, 3.63) is 53.2 Å². The lowest BCUT2D eigenvalue weighted by Crippen LogP contribution is -2.19. The summed E-state index contributed by atoms with van der Waals surface area (Å²) >= 11 is 0. The molecule has 2 heterocycles.